The molecule has 15 heavy (non-hydrogen) atoms. The molecular formula is C12H13BrN2. The number of H-pyrrole nitrogens is 1. The number of benzene rings is 1. The topological polar surface area (TPSA) is 28.7 Å². The molecule has 2 nitrogen and oxygen atoms in total. The molecule has 0 bridgehead atoms. The summed E-state index contributed by atoms with van der Waals surface area (Å²) in [4.78, 5) is 0. The summed E-state index contributed by atoms with van der Waals surface area (Å²) in [6.07, 6.45) is 0. The second-order valence-corrected chi connectivity index (χ2v) is 4.60. The molecule has 0 saturated carbocycles. The minimum Gasteiger partial charge on any atom is -0.281 e. The normalized spacial score (nSPS) is 10.7. The Bertz CT molecular complexity index is 500. The zero-order valence-electron chi connectivity index (χ0n) is 9.06. The zero-order valence-corrected chi connectivity index (χ0v) is 10.6. The van der Waals surface area contributed by atoms with Crippen molar-refractivity contribution in [3.8, 4) is 11.3 Å². The highest BCUT2D eigenvalue weighted by molar-refractivity contribution is 9.10. The van der Waals surface area contributed by atoms with E-state index < -0.39 is 0 Å². The Morgan fingerprint density at radius 2 is 1.87 bits per heavy atom. The van der Waals surface area contributed by atoms with Crippen molar-refractivity contribution in [2.45, 2.75) is 20.8 Å². The van der Waals surface area contributed by atoms with Crippen molar-refractivity contribution in [2.24, 2.45) is 0 Å². The van der Waals surface area contributed by atoms with Crippen LogP contribution in [0.5, 0.6) is 0 Å². The molecule has 0 unspecified atom stereocenters. The molecule has 78 valence electrons. The van der Waals surface area contributed by atoms with E-state index in [-0.39, 0.29) is 0 Å². The molecule has 1 heterocycles. The summed E-state index contributed by atoms with van der Waals surface area (Å²) < 4.78 is 1.05. The van der Waals surface area contributed by atoms with Crippen LogP contribution in [0.4, 0.5) is 0 Å². The van der Waals surface area contributed by atoms with Crippen molar-refractivity contribution in [3.05, 3.63) is 39.5 Å². The SMILES string of the molecule is Cc1ccc(-c2n[nH]c(C)c2Br)cc1C. The van der Waals surface area contributed by atoms with Gasteiger partial charge in [-0.1, -0.05) is 12.1 Å². The lowest BCUT2D eigenvalue weighted by molar-refractivity contribution is 1.05. The highest BCUT2D eigenvalue weighted by Gasteiger charge is 2.09. The summed E-state index contributed by atoms with van der Waals surface area (Å²) >= 11 is 3.54. The number of aryl methyl sites for hydroxylation is 3. The van der Waals surface area contributed by atoms with Gasteiger partial charge in [0.1, 0.15) is 5.69 Å². The first-order chi connectivity index (χ1) is 7.09. The fourth-order valence-electron chi connectivity index (χ4n) is 1.50. The van der Waals surface area contributed by atoms with Crippen LogP contribution in [0.25, 0.3) is 11.3 Å². The van der Waals surface area contributed by atoms with Gasteiger partial charge in [-0.25, -0.2) is 0 Å². The van der Waals surface area contributed by atoms with Gasteiger partial charge in [-0.15, -0.1) is 0 Å². The van der Waals surface area contributed by atoms with Crippen LogP contribution in [0.1, 0.15) is 16.8 Å². The first-order valence-corrected chi connectivity index (χ1v) is 5.67. The maximum atomic E-state index is 4.28. The first kappa shape index (κ1) is 10.4. The minimum atomic E-state index is 0.982. The average molecular weight is 265 g/mol. The molecule has 0 atom stereocenters. The van der Waals surface area contributed by atoms with Gasteiger partial charge in [0.2, 0.25) is 0 Å². The van der Waals surface area contributed by atoms with E-state index in [1.165, 1.54) is 11.1 Å². The highest BCUT2D eigenvalue weighted by Crippen LogP contribution is 2.29. The average Bonchev–Trinajstić information content (AvgIpc) is 2.53. The molecule has 2 rings (SSSR count). The number of aromatic amines is 1. The number of nitrogens with one attached hydrogen (secondary N) is 1. The Balaban J connectivity index is 2.55. The highest BCUT2D eigenvalue weighted by atomic mass is 79.9. The second kappa shape index (κ2) is 3.81. The fourth-order valence-corrected chi connectivity index (χ4v) is 1.90. The van der Waals surface area contributed by atoms with Crippen molar-refractivity contribution in [1.82, 2.24) is 10.2 Å². The van der Waals surface area contributed by atoms with Gasteiger partial charge < -0.3 is 0 Å². The minimum absolute atomic E-state index is 0.982. The lowest BCUT2D eigenvalue weighted by atomic mass is 10.0. The smallest absolute Gasteiger partial charge is 0.107 e. The molecule has 1 aromatic heterocycles. The molecule has 0 spiro atoms. The summed E-state index contributed by atoms with van der Waals surface area (Å²) in [6.45, 7) is 6.23. The van der Waals surface area contributed by atoms with E-state index in [2.05, 4.69) is 58.2 Å². The van der Waals surface area contributed by atoms with E-state index in [0.29, 0.717) is 0 Å². The number of halogens is 1. The van der Waals surface area contributed by atoms with Crippen LogP contribution in [0.15, 0.2) is 22.7 Å². The zero-order chi connectivity index (χ0) is 11.0. The summed E-state index contributed by atoms with van der Waals surface area (Å²) in [5.41, 5.74) is 5.79. The predicted octanol–water partition coefficient (Wildman–Crippen LogP) is 3.76. The summed E-state index contributed by atoms with van der Waals surface area (Å²) in [7, 11) is 0. The van der Waals surface area contributed by atoms with Crippen molar-refractivity contribution in [2.75, 3.05) is 0 Å². The molecule has 0 fully saturated rings. The molecule has 0 aliphatic carbocycles. The van der Waals surface area contributed by atoms with Crippen molar-refractivity contribution in [3.63, 3.8) is 0 Å². The first-order valence-electron chi connectivity index (χ1n) is 4.87. The monoisotopic (exact) mass is 264 g/mol. The van der Waals surface area contributed by atoms with Crippen LogP contribution in [-0.4, -0.2) is 10.2 Å². The fraction of sp³-hybridized carbons (Fsp3) is 0.250. The van der Waals surface area contributed by atoms with Crippen LogP contribution in [-0.2, 0) is 0 Å². The Kier molecular flexibility index (Phi) is 2.65. The Morgan fingerprint density at radius 1 is 1.13 bits per heavy atom. The predicted molar refractivity (Wildman–Crippen MR) is 65.9 cm³/mol. The van der Waals surface area contributed by atoms with Gasteiger partial charge in [0, 0.05) is 11.3 Å². The van der Waals surface area contributed by atoms with Gasteiger partial charge in [-0.3, -0.25) is 5.10 Å². The molecule has 0 radical (unpaired) electrons. The summed E-state index contributed by atoms with van der Waals surface area (Å²) in [5.74, 6) is 0. The summed E-state index contributed by atoms with van der Waals surface area (Å²) in [5, 5.41) is 7.26. The van der Waals surface area contributed by atoms with E-state index in [1.807, 2.05) is 6.92 Å². The van der Waals surface area contributed by atoms with Gasteiger partial charge in [0.05, 0.1) is 4.47 Å². The quantitative estimate of drug-likeness (QED) is 0.835. The molecule has 0 aliphatic rings. The second-order valence-electron chi connectivity index (χ2n) is 3.81. The van der Waals surface area contributed by atoms with E-state index in [4.69, 9.17) is 0 Å². The van der Waals surface area contributed by atoms with Crippen LogP contribution < -0.4 is 0 Å². The Morgan fingerprint density at radius 3 is 2.40 bits per heavy atom. The maximum absolute atomic E-state index is 4.28. The number of hydrogen-bond acceptors (Lipinski definition) is 1. The van der Waals surface area contributed by atoms with Gasteiger partial charge in [0.25, 0.3) is 0 Å². The van der Waals surface area contributed by atoms with Crippen LogP contribution in [0, 0.1) is 20.8 Å². The molecule has 0 aliphatic heterocycles. The van der Waals surface area contributed by atoms with Gasteiger partial charge in [-0.2, -0.15) is 5.10 Å². The standard InChI is InChI=1S/C12H13BrN2/c1-7-4-5-10(6-8(7)2)12-11(13)9(3)14-15-12/h4-6H,1-3H3,(H,14,15). The van der Waals surface area contributed by atoms with Crippen LogP contribution in [0.2, 0.25) is 0 Å². The van der Waals surface area contributed by atoms with Crippen molar-refractivity contribution < 1.29 is 0 Å². The number of nitrogens with zero attached hydrogens (tertiary/aromatic N) is 1. The van der Waals surface area contributed by atoms with E-state index in [1.54, 1.807) is 0 Å². The summed E-state index contributed by atoms with van der Waals surface area (Å²) in [6, 6.07) is 6.39. The number of rotatable bonds is 1. The molecule has 0 saturated heterocycles. The molecule has 0 amide bonds. The molecule has 1 N–H and O–H groups in total. The largest absolute Gasteiger partial charge is 0.281 e. The third kappa shape index (κ3) is 1.84. The lowest BCUT2D eigenvalue weighted by Gasteiger charge is -2.03. The van der Waals surface area contributed by atoms with Gasteiger partial charge in [0.15, 0.2) is 0 Å². The Labute approximate surface area is 97.8 Å². The number of aromatic nitrogens is 2. The molecular weight excluding hydrogens is 252 g/mol. The van der Waals surface area contributed by atoms with Gasteiger partial charge in [-0.05, 0) is 53.9 Å². The van der Waals surface area contributed by atoms with Crippen LogP contribution >= 0.6 is 15.9 Å². The van der Waals surface area contributed by atoms with E-state index >= 15 is 0 Å². The van der Waals surface area contributed by atoms with Gasteiger partial charge >= 0.3 is 0 Å². The molecule has 2 aromatic rings. The van der Waals surface area contributed by atoms with E-state index in [0.717, 1.165) is 21.4 Å². The lowest BCUT2D eigenvalue weighted by Crippen LogP contribution is -1.84. The van der Waals surface area contributed by atoms with Crippen LogP contribution in [0.3, 0.4) is 0 Å². The third-order valence-electron chi connectivity index (χ3n) is 2.65. The van der Waals surface area contributed by atoms with E-state index in [9.17, 15) is 0 Å². The van der Waals surface area contributed by atoms with Crippen molar-refractivity contribution in [1.29, 1.82) is 0 Å². The van der Waals surface area contributed by atoms with Crippen molar-refractivity contribution >= 4 is 15.9 Å². The molecule has 1 aromatic carbocycles. The third-order valence-corrected chi connectivity index (χ3v) is 3.62. The Hall–Kier alpha value is -1.09. The molecule has 3 heteroatoms. The maximum Gasteiger partial charge on any atom is 0.107 e. The number of hydrogen-bond donors (Lipinski definition) is 1.